The first-order valence-electron chi connectivity index (χ1n) is 17.9. The summed E-state index contributed by atoms with van der Waals surface area (Å²) in [5, 5.41) is 5.69. The molecule has 54 heavy (non-hydrogen) atoms. The lowest BCUT2D eigenvalue weighted by atomic mass is 9.68. The maximum atomic E-state index is 14.2. The van der Waals surface area contributed by atoms with Crippen molar-refractivity contribution in [2.24, 2.45) is 29.6 Å². The Bertz CT molecular complexity index is 2400. The standard InChI is InChI=1S/C41H35N3O8S2/c1-3-51-40(48)21-11-14-23(15-12-21)44-38(46)33-25-18-26(34(33)39(44)47)35-32(25)31(36-37(53-35)43-41(49)54-36)22-13-16-28(29(17-22)50-2)52-19-30(45)42-27-10-6-8-20-7-4-5-9-24(20)27/h4-17,25-26,31-35H,3,18-19H2,1-2H3,(H,42,45)(H,43,49)/t25-,26-,31+,32-,33+,34+,35-/m1/s1. The van der Waals surface area contributed by atoms with Crippen molar-refractivity contribution in [3.63, 3.8) is 0 Å². The fourth-order valence-corrected chi connectivity index (χ4v) is 12.2. The van der Waals surface area contributed by atoms with E-state index in [2.05, 4.69) is 10.3 Å². The van der Waals surface area contributed by atoms with Crippen LogP contribution in [0.2, 0.25) is 0 Å². The van der Waals surface area contributed by atoms with Crippen LogP contribution in [0.15, 0.2) is 94.7 Å². The molecule has 1 aromatic heterocycles. The number of thiazole rings is 1. The van der Waals surface area contributed by atoms with Crippen LogP contribution in [0.1, 0.15) is 40.1 Å². The van der Waals surface area contributed by atoms with E-state index in [0.717, 1.165) is 32.7 Å². The molecule has 13 heteroatoms. The first kappa shape index (κ1) is 34.4. The van der Waals surface area contributed by atoms with Gasteiger partial charge in [-0.3, -0.25) is 24.1 Å². The molecular formula is C41H35N3O8S2. The van der Waals surface area contributed by atoms with Gasteiger partial charge in [0.2, 0.25) is 11.8 Å². The molecule has 3 fully saturated rings. The van der Waals surface area contributed by atoms with Gasteiger partial charge in [0.15, 0.2) is 18.1 Å². The Hall–Kier alpha value is -5.40. The van der Waals surface area contributed by atoms with Gasteiger partial charge >= 0.3 is 10.8 Å². The number of amides is 3. The van der Waals surface area contributed by atoms with E-state index in [1.54, 1.807) is 56.1 Å². The number of hydrogen-bond donors (Lipinski definition) is 2. The van der Waals surface area contributed by atoms with Crippen LogP contribution in [0, 0.1) is 29.6 Å². The molecule has 9 rings (SSSR count). The smallest absolute Gasteiger partial charge is 0.338 e. The molecule has 2 bridgehead atoms. The molecule has 0 unspecified atom stereocenters. The Balaban J connectivity index is 0.982. The molecule has 4 aliphatic rings. The number of aromatic nitrogens is 1. The maximum absolute atomic E-state index is 14.2. The summed E-state index contributed by atoms with van der Waals surface area (Å²) in [6.45, 7) is 1.74. The van der Waals surface area contributed by atoms with E-state index >= 15 is 0 Å². The highest BCUT2D eigenvalue weighted by Crippen LogP contribution is 2.68. The second-order valence-corrected chi connectivity index (χ2v) is 16.2. The zero-order valence-corrected chi connectivity index (χ0v) is 30.9. The third-order valence-electron chi connectivity index (χ3n) is 11.3. The van der Waals surface area contributed by atoms with E-state index in [1.165, 1.54) is 16.2 Å². The van der Waals surface area contributed by atoms with E-state index in [-0.39, 0.29) is 64.7 Å². The summed E-state index contributed by atoms with van der Waals surface area (Å²) >= 11 is 2.79. The van der Waals surface area contributed by atoms with Crippen LogP contribution in [-0.2, 0) is 19.1 Å². The molecule has 3 heterocycles. The van der Waals surface area contributed by atoms with Gasteiger partial charge in [0.1, 0.15) is 0 Å². The Morgan fingerprint density at radius 3 is 2.44 bits per heavy atom. The summed E-state index contributed by atoms with van der Waals surface area (Å²) in [5.41, 5.74) is 2.38. The SMILES string of the molecule is CCOC(=O)c1ccc(N2C(=O)[C@H]3[C@H]4C[C@@H]([C@@H]3C2=O)[C@@H]2[C@H](c3ccc(OCC(=O)Nc5cccc6ccccc56)c(OC)c3)c3sc(=O)[nH]c3S[C@H]42)cc1. The number of hydrogen-bond acceptors (Lipinski definition) is 10. The van der Waals surface area contributed by atoms with E-state index in [0.29, 0.717) is 28.4 Å². The largest absolute Gasteiger partial charge is 0.493 e. The number of rotatable bonds is 9. The molecule has 2 aliphatic carbocycles. The molecule has 274 valence electrons. The molecule has 2 N–H and O–H groups in total. The summed E-state index contributed by atoms with van der Waals surface area (Å²) in [7, 11) is 1.54. The maximum Gasteiger partial charge on any atom is 0.338 e. The van der Waals surface area contributed by atoms with Crippen LogP contribution >= 0.6 is 23.1 Å². The van der Waals surface area contributed by atoms with Crippen molar-refractivity contribution in [2.45, 2.75) is 29.5 Å². The van der Waals surface area contributed by atoms with Gasteiger partial charge in [-0.05, 0) is 84.5 Å². The van der Waals surface area contributed by atoms with Gasteiger partial charge in [-0.2, -0.15) is 0 Å². The Kier molecular flexibility index (Phi) is 8.57. The third kappa shape index (κ3) is 5.51. The van der Waals surface area contributed by atoms with Crippen LogP contribution in [-0.4, -0.2) is 54.2 Å². The minimum Gasteiger partial charge on any atom is -0.493 e. The van der Waals surface area contributed by atoms with Crippen molar-refractivity contribution in [1.29, 1.82) is 0 Å². The summed E-state index contributed by atoms with van der Waals surface area (Å²) < 4.78 is 16.9. The molecule has 11 nitrogen and oxygen atoms in total. The van der Waals surface area contributed by atoms with Crippen molar-refractivity contribution >= 4 is 68.9 Å². The number of aromatic amines is 1. The predicted molar refractivity (Wildman–Crippen MR) is 204 cm³/mol. The topological polar surface area (TPSA) is 144 Å². The zero-order chi connectivity index (χ0) is 37.2. The van der Waals surface area contributed by atoms with Crippen molar-refractivity contribution < 1.29 is 33.4 Å². The van der Waals surface area contributed by atoms with Crippen molar-refractivity contribution in [3.8, 4) is 11.5 Å². The number of benzene rings is 4. The van der Waals surface area contributed by atoms with Gasteiger partial charge in [0.05, 0.1) is 41.8 Å². The van der Waals surface area contributed by atoms with Crippen LogP contribution < -0.4 is 24.6 Å². The average Bonchev–Trinajstić information content (AvgIpc) is 3.93. The number of ether oxygens (including phenoxy) is 3. The van der Waals surface area contributed by atoms with Crippen LogP contribution in [0.4, 0.5) is 11.4 Å². The summed E-state index contributed by atoms with van der Waals surface area (Å²) in [6, 6.07) is 25.6. The first-order chi connectivity index (χ1) is 26.2. The number of anilines is 2. The van der Waals surface area contributed by atoms with Crippen LogP contribution in [0.25, 0.3) is 10.8 Å². The highest BCUT2D eigenvalue weighted by molar-refractivity contribution is 8.00. The lowest BCUT2D eigenvalue weighted by molar-refractivity contribution is -0.123. The molecule has 3 amide bonds. The quantitative estimate of drug-likeness (QED) is 0.128. The van der Waals surface area contributed by atoms with Gasteiger partial charge in [-0.25, -0.2) is 4.79 Å². The highest BCUT2D eigenvalue weighted by Gasteiger charge is 2.69. The Labute approximate surface area is 318 Å². The normalized spacial score (nSPS) is 24.9. The summed E-state index contributed by atoms with van der Waals surface area (Å²) in [6.07, 6.45) is 0.741. The van der Waals surface area contributed by atoms with Gasteiger partial charge in [0.25, 0.3) is 5.91 Å². The number of thioether (sulfide) groups is 1. The van der Waals surface area contributed by atoms with Crippen LogP contribution in [0.5, 0.6) is 11.5 Å². The number of imide groups is 1. The number of nitrogens with zero attached hydrogens (tertiary/aromatic N) is 1. The lowest BCUT2D eigenvalue weighted by Gasteiger charge is -2.43. The van der Waals surface area contributed by atoms with E-state index < -0.39 is 17.8 Å². The number of H-pyrrole nitrogens is 1. The minimum atomic E-state index is -0.487. The van der Waals surface area contributed by atoms with Gasteiger partial charge in [-0.15, -0.1) is 11.8 Å². The molecule has 0 radical (unpaired) electrons. The fraction of sp³-hybridized carbons (Fsp3) is 0.293. The molecule has 2 saturated carbocycles. The highest BCUT2D eigenvalue weighted by atomic mass is 32.2. The van der Waals surface area contributed by atoms with Crippen molar-refractivity contribution in [3.05, 3.63) is 111 Å². The predicted octanol–water partition coefficient (Wildman–Crippen LogP) is 6.47. The summed E-state index contributed by atoms with van der Waals surface area (Å²) in [4.78, 5) is 71.4. The lowest BCUT2D eigenvalue weighted by Crippen LogP contribution is -2.42. The number of nitrogens with one attached hydrogen (secondary N) is 2. The fourth-order valence-electron chi connectivity index (χ4n) is 9.27. The minimum absolute atomic E-state index is 0.00146. The number of carbonyl (C=O) groups excluding carboxylic acids is 4. The molecule has 1 saturated heterocycles. The number of fused-ring (bicyclic) bond motifs is 10. The van der Waals surface area contributed by atoms with E-state index in [4.69, 9.17) is 14.2 Å². The van der Waals surface area contributed by atoms with Crippen molar-refractivity contribution in [2.75, 3.05) is 30.5 Å². The molecule has 5 aromatic rings. The number of esters is 1. The zero-order valence-electron chi connectivity index (χ0n) is 29.3. The Morgan fingerprint density at radius 1 is 0.907 bits per heavy atom. The van der Waals surface area contributed by atoms with Gasteiger partial charge in [0, 0.05) is 27.1 Å². The number of methoxy groups -OCH3 is 1. The first-order valence-corrected chi connectivity index (χ1v) is 19.6. The molecule has 2 aliphatic heterocycles. The molecule has 0 spiro atoms. The third-order valence-corrected chi connectivity index (χ3v) is 13.9. The van der Waals surface area contributed by atoms with E-state index in [9.17, 15) is 24.0 Å². The molecule has 4 aromatic carbocycles. The van der Waals surface area contributed by atoms with Gasteiger partial charge < -0.3 is 24.5 Å². The van der Waals surface area contributed by atoms with Gasteiger partial charge in [-0.1, -0.05) is 53.8 Å². The monoisotopic (exact) mass is 761 g/mol. The second kappa shape index (κ2) is 13.5. The van der Waals surface area contributed by atoms with E-state index in [1.807, 2.05) is 54.6 Å². The molecular weight excluding hydrogens is 727 g/mol. The average molecular weight is 762 g/mol. The van der Waals surface area contributed by atoms with Crippen LogP contribution in [0.3, 0.4) is 0 Å². The number of carbonyl (C=O) groups is 4. The Morgan fingerprint density at radius 2 is 1.67 bits per heavy atom. The van der Waals surface area contributed by atoms with Crippen molar-refractivity contribution in [1.82, 2.24) is 4.98 Å². The summed E-state index contributed by atoms with van der Waals surface area (Å²) in [5.74, 6) is -1.73. The second-order valence-electron chi connectivity index (χ2n) is 14.0. The molecule has 7 atom stereocenters.